The molecule has 0 unspecified atom stereocenters. The molecule has 0 aliphatic rings. The standard InChI is InChI=1S/C8H16N4O/c1-12(2)6-7-10-8(13-11-7)4-3-5-9/h3-6,9H2,1-2H3. The lowest BCUT2D eigenvalue weighted by molar-refractivity contribution is 0.348. The van der Waals surface area contributed by atoms with Crippen LogP contribution in [0.15, 0.2) is 4.52 Å². The second-order valence-corrected chi connectivity index (χ2v) is 3.23. The van der Waals surface area contributed by atoms with Gasteiger partial charge in [0.05, 0.1) is 6.54 Å². The van der Waals surface area contributed by atoms with Crippen molar-refractivity contribution in [3.8, 4) is 0 Å². The summed E-state index contributed by atoms with van der Waals surface area (Å²) in [6.07, 6.45) is 1.67. The first-order chi connectivity index (χ1) is 6.22. The molecule has 13 heavy (non-hydrogen) atoms. The van der Waals surface area contributed by atoms with Crippen LogP contribution in [0.2, 0.25) is 0 Å². The molecule has 0 saturated carbocycles. The van der Waals surface area contributed by atoms with Crippen molar-refractivity contribution < 1.29 is 4.52 Å². The number of rotatable bonds is 5. The van der Waals surface area contributed by atoms with Crippen molar-refractivity contribution in [1.82, 2.24) is 15.0 Å². The Balaban J connectivity index is 2.44. The van der Waals surface area contributed by atoms with Crippen LogP contribution < -0.4 is 5.73 Å². The molecule has 0 aliphatic heterocycles. The van der Waals surface area contributed by atoms with Crippen molar-refractivity contribution in [2.24, 2.45) is 5.73 Å². The molecule has 0 bridgehead atoms. The summed E-state index contributed by atoms with van der Waals surface area (Å²) in [5.41, 5.74) is 5.37. The van der Waals surface area contributed by atoms with E-state index in [0.29, 0.717) is 19.0 Å². The highest BCUT2D eigenvalue weighted by Crippen LogP contribution is 2.01. The minimum absolute atomic E-state index is 0.658. The zero-order valence-corrected chi connectivity index (χ0v) is 8.16. The first kappa shape index (κ1) is 10.1. The van der Waals surface area contributed by atoms with E-state index in [9.17, 15) is 0 Å². The fraction of sp³-hybridized carbons (Fsp3) is 0.750. The average molecular weight is 184 g/mol. The molecule has 2 N–H and O–H groups in total. The van der Waals surface area contributed by atoms with Gasteiger partial charge in [-0.1, -0.05) is 5.16 Å². The Kier molecular flexibility index (Phi) is 3.85. The van der Waals surface area contributed by atoms with Crippen molar-refractivity contribution in [1.29, 1.82) is 0 Å². The summed E-state index contributed by atoms with van der Waals surface area (Å²) < 4.78 is 5.02. The van der Waals surface area contributed by atoms with E-state index in [0.717, 1.165) is 18.7 Å². The maximum absolute atomic E-state index is 5.37. The van der Waals surface area contributed by atoms with Gasteiger partial charge in [-0.15, -0.1) is 0 Å². The van der Waals surface area contributed by atoms with Crippen LogP contribution in [0.5, 0.6) is 0 Å². The second kappa shape index (κ2) is 4.94. The SMILES string of the molecule is CN(C)Cc1noc(CCCN)n1. The van der Waals surface area contributed by atoms with Crippen LogP contribution in [0.25, 0.3) is 0 Å². The van der Waals surface area contributed by atoms with E-state index in [1.165, 1.54) is 0 Å². The number of hydrogen-bond acceptors (Lipinski definition) is 5. The molecular formula is C8H16N4O. The Hall–Kier alpha value is -0.940. The Morgan fingerprint density at radius 3 is 2.85 bits per heavy atom. The quantitative estimate of drug-likeness (QED) is 0.698. The summed E-state index contributed by atoms with van der Waals surface area (Å²) in [6, 6.07) is 0. The van der Waals surface area contributed by atoms with Crippen LogP contribution in [0.3, 0.4) is 0 Å². The molecule has 1 aromatic heterocycles. The fourth-order valence-electron chi connectivity index (χ4n) is 0.992. The van der Waals surface area contributed by atoms with E-state index in [4.69, 9.17) is 10.3 Å². The number of nitrogens with zero attached hydrogens (tertiary/aromatic N) is 3. The molecule has 5 nitrogen and oxygen atoms in total. The molecule has 5 heteroatoms. The van der Waals surface area contributed by atoms with E-state index in [-0.39, 0.29) is 0 Å². The van der Waals surface area contributed by atoms with Crippen molar-refractivity contribution in [2.45, 2.75) is 19.4 Å². The molecule has 0 amide bonds. The average Bonchev–Trinajstić information content (AvgIpc) is 2.48. The van der Waals surface area contributed by atoms with Crippen LogP contribution >= 0.6 is 0 Å². The molecule has 0 atom stereocenters. The third kappa shape index (κ3) is 3.52. The minimum Gasteiger partial charge on any atom is -0.339 e. The summed E-state index contributed by atoms with van der Waals surface area (Å²) in [5.74, 6) is 1.42. The van der Waals surface area contributed by atoms with E-state index >= 15 is 0 Å². The van der Waals surface area contributed by atoms with Gasteiger partial charge in [0.1, 0.15) is 0 Å². The minimum atomic E-state index is 0.658. The molecule has 0 radical (unpaired) electrons. The van der Waals surface area contributed by atoms with Gasteiger partial charge in [0.2, 0.25) is 5.89 Å². The van der Waals surface area contributed by atoms with Gasteiger partial charge in [-0.3, -0.25) is 0 Å². The maximum atomic E-state index is 5.37. The van der Waals surface area contributed by atoms with Gasteiger partial charge in [0.15, 0.2) is 5.82 Å². The smallest absolute Gasteiger partial charge is 0.226 e. The predicted octanol–water partition coefficient (Wildman–Crippen LogP) is 0.0225. The molecule has 1 aromatic rings. The van der Waals surface area contributed by atoms with Crippen molar-refractivity contribution in [2.75, 3.05) is 20.6 Å². The van der Waals surface area contributed by atoms with E-state index in [1.807, 2.05) is 19.0 Å². The van der Waals surface area contributed by atoms with Gasteiger partial charge in [-0.05, 0) is 27.1 Å². The lowest BCUT2D eigenvalue weighted by Crippen LogP contribution is -2.11. The highest BCUT2D eigenvalue weighted by Gasteiger charge is 2.05. The second-order valence-electron chi connectivity index (χ2n) is 3.23. The molecule has 1 rings (SSSR count). The summed E-state index contributed by atoms with van der Waals surface area (Å²) in [6.45, 7) is 1.37. The molecule has 0 spiro atoms. The summed E-state index contributed by atoms with van der Waals surface area (Å²) in [4.78, 5) is 6.21. The lowest BCUT2D eigenvalue weighted by atomic mass is 10.3. The Bertz CT molecular complexity index is 246. The Labute approximate surface area is 77.9 Å². The summed E-state index contributed by atoms with van der Waals surface area (Å²) in [7, 11) is 3.94. The molecule has 74 valence electrons. The molecule has 0 aliphatic carbocycles. The maximum Gasteiger partial charge on any atom is 0.226 e. The van der Waals surface area contributed by atoms with E-state index in [2.05, 4.69) is 10.1 Å². The van der Waals surface area contributed by atoms with Gasteiger partial charge in [0, 0.05) is 6.42 Å². The number of nitrogens with two attached hydrogens (primary N) is 1. The normalized spacial score (nSPS) is 11.1. The topological polar surface area (TPSA) is 68.2 Å². The molecule has 1 heterocycles. The summed E-state index contributed by atoms with van der Waals surface area (Å²) >= 11 is 0. The van der Waals surface area contributed by atoms with Crippen LogP contribution in [-0.2, 0) is 13.0 Å². The third-order valence-electron chi connectivity index (χ3n) is 1.56. The number of hydrogen-bond donors (Lipinski definition) is 1. The Morgan fingerprint density at radius 2 is 2.23 bits per heavy atom. The van der Waals surface area contributed by atoms with Crippen molar-refractivity contribution in [3.05, 3.63) is 11.7 Å². The van der Waals surface area contributed by atoms with Crippen molar-refractivity contribution in [3.63, 3.8) is 0 Å². The molecule has 0 aromatic carbocycles. The van der Waals surface area contributed by atoms with Crippen LogP contribution in [0, 0.1) is 0 Å². The summed E-state index contributed by atoms with van der Waals surface area (Å²) in [5, 5.41) is 3.84. The molecule has 0 saturated heterocycles. The van der Waals surface area contributed by atoms with Gasteiger partial charge in [-0.25, -0.2) is 0 Å². The highest BCUT2D eigenvalue weighted by atomic mass is 16.5. The zero-order chi connectivity index (χ0) is 9.68. The third-order valence-corrected chi connectivity index (χ3v) is 1.56. The molecular weight excluding hydrogens is 168 g/mol. The monoisotopic (exact) mass is 184 g/mol. The van der Waals surface area contributed by atoms with Crippen LogP contribution in [-0.4, -0.2) is 35.7 Å². The first-order valence-corrected chi connectivity index (χ1v) is 4.38. The van der Waals surface area contributed by atoms with Gasteiger partial charge in [0.25, 0.3) is 0 Å². The van der Waals surface area contributed by atoms with Gasteiger partial charge in [-0.2, -0.15) is 4.98 Å². The Morgan fingerprint density at radius 1 is 1.46 bits per heavy atom. The van der Waals surface area contributed by atoms with Crippen LogP contribution in [0.4, 0.5) is 0 Å². The van der Waals surface area contributed by atoms with Gasteiger partial charge < -0.3 is 15.2 Å². The largest absolute Gasteiger partial charge is 0.339 e. The number of aryl methyl sites for hydroxylation is 1. The zero-order valence-electron chi connectivity index (χ0n) is 8.16. The first-order valence-electron chi connectivity index (χ1n) is 4.38. The molecule has 0 fully saturated rings. The van der Waals surface area contributed by atoms with Crippen LogP contribution in [0.1, 0.15) is 18.1 Å². The predicted molar refractivity (Wildman–Crippen MR) is 49.1 cm³/mol. The fourth-order valence-corrected chi connectivity index (χ4v) is 0.992. The number of aromatic nitrogens is 2. The van der Waals surface area contributed by atoms with E-state index < -0.39 is 0 Å². The van der Waals surface area contributed by atoms with Gasteiger partial charge >= 0.3 is 0 Å². The van der Waals surface area contributed by atoms with Crippen molar-refractivity contribution >= 4 is 0 Å². The lowest BCUT2D eigenvalue weighted by Gasteiger charge is -2.03. The van der Waals surface area contributed by atoms with E-state index in [1.54, 1.807) is 0 Å². The highest BCUT2D eigenvalue weighted by molar-refractivity contribution is 4.85.